The number of rotatable bonds is 2. The Morgan fingerprint density at radius 2 is 2.00 bits per heavy atom. The molecule has 1 aliphatic rings. The summed E-state index contributed by atoms with van der Waals surface area (Å²) in [6, 6.07) is 8.23. The van der Waals surface area contributed by atoms with E-state index >= 15 is 0 Å². The molecule has 1 fully saturated rings. The molecule has 1 aliphatic heterocycles. The largest absolute Gasteiger partial charge is 0.396 e. The van der Waals surface area contributed by atoms with Crippen molar-refractivity contribution in [1.82, 2.24) is 10.2 Å². The Morgan fingerprint density at radius 1 is 1.22 bits per heavy atom. The lowest BCUT2D eigenvalue weighted by Gasteiger charge is -2.30. The number of nitrogens with two attached hydrogens (primary N) is 1. The molecule has 2 aromatic rings. The molecule has 1 saturated heterocycles. The van der Waals surface area contributed by atoms with Gasteiger partial charge in [0, 0.05) is 24.3 Å². The van der Waals surface area contributed by atoms with Crippen LogP contribution in [0.4, 0.5) is 11.4 Å². The van der Waals surface area contributed by atoms with Gasteiger partial charge in [-0.3, -0.25) is 5.10 Å². The van der Waals surface area contributed by atoms with E-state index in [4.69, 9.17) is 10.5 Å². The molecule has 0 saturated carbocycles. The second-order valence-electron chi connectivity index (χ2n) is 4.32. The van der Waals surface area contributed by atoms with E-state index in [-0.39, 0.29) is 0 Å². The predicted molar refractivity (Wildman–Crippen MR) is 71.5 cm³/mol. The van der Waals surface area contributed by atoms with Crippen molar-refractivity contribution >= 4 is 11.4 Å². The summed E-state index contributed by atoms with van der Waals surface area (Å²) in [6.07, 6.45) is 1.64. The molecule has 0 bridgehead atoms. The molecule has 1 aromatic heterocycles. The Kier molecular flexibility index (Phi) is 2.90. The van der Waals surface area contributed by atoms with Crippen LogP contribution in [0.1, 0.15) is 0 Å². The molecule has 3 rings (SSSR count). The molecule has 1 aromatic carbocycles. The van der Waals surface area contributed by atoms with Crippen molar-refractivity contribution in [2.75, 3.05) is 36.9 Å². The zero-order chi connectivity index (χ0) is 12.4. The maximum absolute atomic E-state index is 5.93. The van der Waals surface area contributed by atoms with Gasteiger partial charge in [-0.2, -0.15) is 5.10 Å². The highest BCUT2D eigenvalue weighted by atomic mass is 16.5. The first-order chi connectivity index (χ1) is 8.86. The average molecular weight is 244 g/mol. The van der Waals surface area contributed by atoms with E-state index in [1.807, 2.05) is 12.1 Å². The first-order valence-corrected chi connectivity index (χ1v) is 6.07. The Hall–Kier alpha value is -2.01. The number of H-pyrrole nitrogens is 1. The number of benzene rings is 1. The van der Waals surface area contributed by atoms with Crippen LogP contribution in [-0.2, 0) is 4.74 Å². The zero-order valence-corrected chi connectivity index (χ0v) is 10.1. The number of nitrogens with zero attached hydrogens (tertiary/aromatic N) is 2. The molecule has 2 heterocycles. The number of aromatic amines is 1. The third kappa shape index (κ3) is 1.93. The molecule has 5 nitrogen and oxygen atoms in total. The summed E-state index contributed by atoms with van der Waals surface area (Å²) in [4.78, 5) is 2.32. The minimum absolute atomic E-state index is 0.677. The lowest BCUT2D eigenvalue weighted by atomic mass is 10.1. The number of para-hydroxylation sites is 1. The molecule has 94 valence electrons. The van der Waals surface area contributed by atoms with Gasteiger partial charge in [0.15, 0.2) is 0 Å². The number of morpholine rings is 1. The molecule has 18 heavy (non-hydrogen) atoms. The standard InChI is InChI=1S/C13H16N4O/c14-11-9-15-16-13(11)10-3-1-2-4-12(10)17-5-7-18-8-6-17/h1-4,9H,5-8,14H2,(H,15,16). The summed E-state index contributed by atoms with van der Waals surface area (Å²) in [6.45, 7) is 3.36. The van der Waals surface area contributed by atoms with Gasteiger partial charge in [-0.05, 0) is 6.07 Å². The topological polar surface area (TPSA) is 67.2 Å². The van der Waals surface area contributed by atoms with Gasteiger partial charge in [0.2, 0.25) is 0 Å². The molecular formula is C13H16N4O. The molecule has 3 N–H and O–H groups in total. The van der Waals surface area contributed by atoms with Gasteiger partial charge in [-0.25, -0.2) is 0 Å². The van der Waals surface area contributed by atoms with Crippen molar-refractivity contribution < 1.29 is 4.74 Å². The van der Waals surface area contributed by atoms with E-state index in [1.54, 1.807) is 6.20 Å². The second-order valence-corrected chi connectivity index (χ2v) is 4.32. The zero-order valence-electron chi connectivity index (χ0n) is 10.1. The lowest BCUT2D eigenvalue weighted by Crippen LogP contribution is -2.36. The van der Waals surface area contributed by atoms with E-state index in [0.29, 0.717) is 5.69 Å². The third-order valence-corrected chi connectivity index (χ3v) is 3.19. The Labute approximate surface area is 106 Å². The minimum Gasteiger partial charge on any atom is -0.396 e. The minimum atomic E-state index is 0.677. The molecule has 5 heteroatoms. The van der Waals surface area contributed by atoms with Crippen LogP contribution in [0.25, 0.3) is 11.3 Å². The fourth-order valence-electron chi connectivity index (χ4n) is 2.28. The summed E-state index contributed by atoms with van der Waals surface area (Å²) in [5.74, 6) is 0. The van der Waals surface area contributed by atoms with Crippen molar-refractivity contribution in [1.29, 1.82) is 0 Å². The van der Waals surface area contributed by atoms with Crippen molar-refractivity contribution in [3.05, 3.63) is 30.5 Å². The molecule has 0 unspecified atom stereocenters. The maximum Gasteiger partial charge on any atom is 0.0900 e. The molecular weight excluding hydrogens is 228 g/mol. The summed E-state index contributed by atoms with van der Waals surface area (Å²) in [5.41, 5.74) is 9.77. The first kappa shape index (κ1) is 11.1. The number of ether oxygens (including phenoxy) is 1. The average Bonchev–Trinajstić information content (AvgIpc) is 2.86. The Morgan fingerprint density at radius 3 is 2.72 bits per heavy atom. The van der Waals surface area contributed by atoms with Crippen LogP contribution in [0.15, 0.2) is 30.5 Å². The van der Waals surface area contributed by atoms with Gasteiger partial charge in [0.25, 0.3) is 0 Å². The highest BCUT2D eigenvalue weighted by molar-refractivity contribution is 5.82. The highest BCUT2D eigenvalue weighted by Gasteiger charge is 2.17. The summed E-state index contributed by atoms with van der Waals surface area (Å²) in [5, 5.41) is 6.96. The Bertz CT molecular complexity index is 531. The van der Waals surface area contributed by atoms with E-state index in [0.717, 1.165) is 37.6 Å². The van der Waals surface area contributed by atoms with Crippen molar-refractivity contribution in [2.45, 2.75) is 0 Å². The van der Waals surface area contributed by atoms with Gasteiger partial charge < -0.3 is 15.4 Å². The summed E-state index contributed by atoms with van der Waals surface area (Å²) < 4.78 is 5.39. The summed E-state index contributed by atoms with van der Waals surface area (Å²) in [7, 11) is 0. The van der Waals surface area contributed by atoms with Crippen molar-refractivity contribution in [3.8, 4) is 11.3 Å². The van der Waals surface area contributed by atoms with E-state index in [9.17, 15) is 0 Å². The predicted octanol–water partition coefficient (Wildman–Crippen LogP) is 1.50. The number of hydrogen-bond acceptors (Lipinski definition) is 4. The van der Waals surface area contributed by atoms with Gasteiger partial charge in [-0.15, -0.1) is 0 Å². The monoisotopic (exact) mass is 244 g/mol. The lowest BCUT2D eigenvalue weighted by molar-refractivity contribution is 0.123. The third-order valence-electron chi connectivity index (χ3n) is 3.19. The van der Waals surface area contributed by atoms with E-state index in [1.165, 1.54) is 5.69 Å². The maximum atomic E-state index is 5.93. The quantitative estimate of drug-likeness (QED) is 0.840. The van der Waals surface area contributed by atoms with Crippen LogP contribution >= 0.6 is 0 Å². The normalized spacial score (nSPS) is 15.9. The second kappa shape index (κ2) is 4.70. The number of aromatic nitrogens is 2. The molecule has 0 spiro atoms. The fraction of sp³-hybridized carbons (Fsp3) is 0.308. The number of nitrogens with one attached hydrogen (secondary N) is 1. The number of nitrogen functional groups attached to an aromatic ring is 1. The van der Waals surface area contributed by atoms with Crippen LogP contribution in [0.3, 0.4) is 0 Å². The van der Waals surface area contributed by atoms with E-state index < -0.39 is 0 Å². The summed E-state index contributed by atoms with van der Waals surface area (Å²) >= 11 is 0. The van der Waals surface area contributed by atoms with E-state index in [2.05, 4.69) is 27.2 Å². The van der Waals surface area contributed by atoms with Crippen molar-refractivity contribution in [3.63, 3.8) is 0 Å². The van der Waals surface area contributed by atoms with Gasteiger partial charge >= 0.3 is 0 Å². The first-order valence-electron chi connectivity index (χ1n) is 6.07. The number of anilines is 2. The van der Waals surface area contributed by atoms with Crippen LogP contribution in [0.5, 0.6) is 0 Å². The van der Waals surface area contributed by atoms with Gasteiger partial charge in [-0.1, -0.05) is 18.2 Å². The van der Waals surface area contributed by atoms with Crippen LogP contribution in [-0.4, -0.2) is 36.5 Å². The molecule has 0 atom stereocenters. The van der Waals surface area contributed by atoms with Crippen molar-refractivity contribution in [2.24, 2.45) is 0 Å². The number of hydrogen-bond donors (Lipinski definition) is 2. The van der Waals surface area contributed by atoms with Gasteiger partial charge in [0.05, 0.1) is 30.8 Å². The molecule has 0 amide bonds. The van der Waals surface area contributed by atoms with Crippen LogP contribution in [0, 0.1) is 0 Å². The fourth-order valence-corrected chi connectivity index (χ4v) is 2.28. The Balaban J connectivity index is 2.02. The highest BCUT2D eigenvalue weighted by Crippen LogP contribution is 2.32. The van der Waals surface area contributed by atoms with Crippen LogP contribution < -0.4 is 10.6 Å². The smallest absolute Gasteiger partial charge is 0.0900 e. The van der Waals surface area contributed by atoms with Crippen LogP contribution in [0.2, 0.25) is 0 Å². The molecule has 0 aliphatic carbocycles. The molecule has 0 radical (unpaired) electrons. The SMILES string of the molecule is Nc1cn[nH]c1-c1ccccc1N1CCOCC1. The van der Waals surface area contributed by atoms with Gasteiger partial charge in [0.1, 0.15) is 0 Å².